The van der Waals surface area contributed by atoms with Crippen LogP contribution in [0.5, 0.6) is 0 Å². The second-order valence-electron chi connectivity index (χ2n) is 6.27. The molecule has 0 spiro atoms. The number of hydrogen-bond acceptors (Lipinski definition) is 4. The Kier molecular flexibility index (Phi) is 4.90. The summed E-state index contributed by atoms with van der Waals surface area (Å²) in [7, 11) is 0. The molecule has 0 saturated carbocycles. The van der Waals surface area contributed by atoms with E-state index in [4.69, 9.17) is 18.9 Å². The summed E-state index contributed by atoms with van der Waals surface area (Å²) in [5, 5.41) is 0. The molecule has 2 heterocycles. The highest BCUT2D eigenvalue weighted by atomic mass is 16.7. The zero-order valence-electron chi connectivity index (χ0n) is 13.5. The van der Waals surface area contributed by atoms with Crippen molar-refractivity contribution in [2.75, 3.05) is 6.61 Å². The van der Waals surface area contributed by atoms with Crippen LogP contribution in [0.25, 0.3) is 0 Å². The van der Waals surface area contributed by atoms with E-state index in [0.717, 1.165) is 5.56 Å². The quantitative estimate of drug-likeness (QED) is 0.816. The largest absolute Gasteiger partial charge is 0.371 e. The van der Waals surface area contributed by atoms with Crippen LogP contribution in [-0.2, 0) is 32.2 Å². The molecule has 0 unspecified atom stereocenters. The fourth-order valence-electron chi connectivity index (χ4n) is 3.26. The van der Waals surface area contributed by atoms with E-state index < -0.39 is 0 Å². The predicted octanol–water partition coefficient (Wildman–Crippen LogP) is 3.30. The van der Waals surface area contributed by atoms with E-state index in [1.807, 2.05) is 36.4 Å². The highest BCUT2D eigenvalue weighted by molar-refractivity contribution is 5.14. The molecule has 0 N–H and O–H groups in total. The average Bonchev–Trinajstić information content (AvgIpc) is 3.03. The molecular weight excluding hydrogens is 304 g/mol. The van der Waals surface area contributed by atoms with Gasteiger partial charge in [0.15, 0.2) is 6.29 Å². The van der Waals surface area contributed by atoms with Crippen molar-refractivity contribution in [3.05, 3.63) is 71.8 Å². The van der Waals surface area contributed by atoms with Crippen LogP contribution in [-0.4, -0.2) is 31.2 Å². The molecule has 2 aromatic carbocycles. The van der Waals surface area contributed by atoms with Crippen molar-refractivity contribution in [3.63, 3.8) is 0 Å². The monoisotopic (exact) mass is 326 g/mol. The minimum Gasteiger partial charge on any atom is -0.371 e. The molecule has 4 heteroatoms. The maximum atomic E-state index is 6.17. The fourth-order valence-corrected chi connectivity index (χ4v) is 3.26. The van der Waals surface area contributed by atoms with E-state index in [-0.39, 0.29) is 24.6 Å². The van der Waals surface area contributed by atoms with Gasteiger partial charge in [-0.3, -0.25) is 0 Å². The van der Waals surface area contributed by atoms with Crippen molar-refractivity contribution >= 4 is 0 Å². The van der Waals surface area contributed by atoms with Gasteiger partial charge in [-0.2, -0.15) is 0 Å². The lowest BCUT2D eigenvalue weighted by atomic mass is 10.0. The molecule has 2 fully saturated rings. The summed E-state index contributed by atoms with van der Waals surface area (Å²) in [6.45, 7) is 1.71. The van der Waals surface area contributed by atoms with Crippen LogP contribution in [0, 0.1) is 0 Å². The van der Waals surface area contributed by atoms with Gasteiger partial charge in [-0.25, -0.2) is 0 Å². The lowest BCUT2D eigenvalue weighted by Crippen LogP contribution is -2.47. The molecule has 2 saturated heterocycles. The fraction of sp³-hybridized carbons (Fsp3) is 0.400. The summed E-state index contributed by atoms with van der Waals surface area (Å²) >= 11 is 0. The molecule has 4 nitrogen and oxygen atoms in total. The lowest BCUT2D eigenvalue weighted by molar-refractivity contribution is -0.201. The normalized spacial score (nSPS) is 28.8. The van der Waals surface area contributed by atoms with Gasteiger partial charge in [-0.15, -0.1) is 0 Å². The number of benzene rings is 2. The van der Waals surface area contributed by atoms with E-state index in [1.54, 1.807) is 0 Å². The van der Waals surface area contributed by atoms with Crippen molar-refractivity contribution in [2.24, 2.45) is 0 Å². The van der Waals surface area contributed by atoms with Crippen molar-refractivity contribution in [3.8, 4) is 0 Å². The van der Waals surface area contributed by atoms with Crippen LogP contribution in [0.1, 0.15) is 17.5 Å². The highest BCUT2D eigenvalue weighted by Crippen LogP contribution is 2.32. The Hall–Kier alpha value is -1.72. The van der Waals surface area contributed by atoms with Gasteiger partial charge in [0, 0.05) is 6.42 Å². The Balaban J connectivity index is 1.40. The SMILES string of the molecule is c1ccc(CO[C@H]2[C@H](OCc3ccccc3)C[C@@H]3OC[C@H]2O3)cc1. The maximum absolute atomic E-state index is 6.17. The van der Waals surface area contributed by atoms with Gasteiger partial charge in [0.25, 0.3) is 0 Å². The minimum atomic E-state index is -0.160. The first-order valence-corrected chi connectivity index (χ1v) is 8.46. The van der Waals surface area contributed by atoms with Gasteiger partial charge in [-0.05, 0) is 11.1 Å². The second kappa shape index (κ2) is 7.45. The zero-order valence-corrected chi connectivity index (χ0v) is 13.5. The third-order valence-electron chi connectivity index (χ3n) is 4.52. The van der Waals surface area contributed by atoms with Crippen molar-refractivity contribution in [2.45, 2.75) is 44.2 Å². The third kappa shape index (κ3) is 3.68. The van der Waals surface area contributed by atoms with Crippen LogP contribution >= 0.6 is 0 Å². The molecule has 2 aliphatic rings. The van der Waals surface area contributed by atoms with Gasteiger partial charge in [0.1, 0.15) is 12.2 Å². The Bertz CT molecular complexity index is 631. The number of hydrogen-bond donors (Lipinski definition) is 0. The van der Waals surface area contributed by atoms with Crippen LogP contribution in [0.2, 0.25) is 0 Å². The van der Waals surface area contributed by atoms with Crippen LogP contribution in [0.15, 0.2) is 60.7 Å². The summed E-state index contributed by atoms with van der Waals surface area (Å²) in [6, 6.07) is 20.4. The first kappa shape index (κ1) is 15.8. The lowest BCUT2D eigenvalue weighted by Gasteiger charge is -2.35. The summed E-state index contributed by atoms with van der Waals surface area (Å²) in [6.07, 6.45) is 0.386. The Morgan fingerprint density at radius 2 is 1.46 bits per heavy atom. The summed E-state index contributed by atoms with van der Waals surface area (Å²) < 4.78 is 23.8. The smallest absolute Gasteiger partial charge is 0.160 e. The molecule has 4 atom stereocenters. The average molecular weight is 326 g/mol. The van der Waals surface area contributed by atoms with E-state index in [1.165, 1.54) is 5.56 Å². The first-order chi connectivity index (χ1) is 11.9. The van der Waals surface area contributed by atoms with Crippen molar-refractivity contribution in [1.29, 1.82) is 0 Å². The molecule has 2 aliphatic heterocycles. The summed E-state index contributed by atoms with van der Waals surface area (Å²) in [5.41, 5.74) is 2.32. The molecule has 2 bridgehead atoms. The van der Waals surface area contributed by atoms with Gasteiger partial charge in [0.05, 0.1) is 25.9 Å². The summed E-state index contributed by atoms with van der Waals surface area (Å²) in [4.78, 5) is 0. The van der Waals surface area contributed by atoms with Gasteiger partial charge in [-0.1, -0.05) is 60.7 Å². The molecule has 0 aliphatic carbocycles. The highest BCUT2D eigenvalue weighted by Gasteiger charge is 2.45. The van der Waals surface area contributed by atoms with Crippen molar-refractivity contribution in [1.82, 2.24) is 0 Å². The molecule has 4 rings (SSSR count). The molecular formula is C20H22O4. The van der Waals surface area contributed by atoms with E-state index in [2.05, 4.69) is 24.3 Å². The van der Waals surface area contributed by atoms with Gasteiger partial charge >= 0.3 is 0 Å². The topological polar surface area (TPSA) is 36.9 Å². The molecule has 2 aromatic rings. The first-order valence-electron chi connectivity index (χ1n) is 8.46. The maximum Gasteiger partial charge on any atom is 0.160 e. The number of rotatable bonds is 6. The van der Waals surface area contributed by atoms with Crippen LogP contribution in [0.4, 0.5) is 0 Å². The predicted molar refractivity (Wildman–Crippen MR) is 89.3 cm³/mol. The minimum absolute atomic E-state index is 0.0137. The zero-order chi connectivity index (χ0) is 16.2. The molecule has 0 radical (unpaired) electrons. The van der Waals surface area contributed by atoms with Crippen LogP contribution < -0.4 is 0 Å². The molecule has 24 heavy (non-hydrogen) atoms. The Morgan fingerprint density at radius 3 is 2.12 bits per heavy atom. The summed E-state index contributed by atoms with van der Waals surface area (Å²) in [5.74, 6) is 0. The second-order valence-corrected chi connectivity index (χ2v) is 6.27. The Morgan fingerprint density at radius 1 is 0.833 bits per heavy atom. The third-order valence-corrected chi connectivity index (χ3v) is 4.52. The van der Waals surface area contributed by atoms with Crippen molar-refractivity contribution < 1.29 is 18.9 Å². The standard InChI is InChI=1S/C20H22O4/c1-3-7-15(8-4-1)12-21-17-11-19-22-14-18(24-19)20(17)23-13-16-9-5-2-6-10-16/h1-10,17-20H,11-14H2/t17-,18-,19-,20+/m1/s1. The van der Waals surface area contributed by atoms with Crippen LogP contribution in [0.3, 0.4) is 0 Å². The van der Waals surface area contributed by atoms with E-state index in [0.29, 0.717) is 26.2 Å². The Labute approximate surface area is 142 Å². The van der Waals surface area contributed by atoms with Gasteiger partial charge in [0.2, 0.25) is 0 Å². The molecule has 0 amide bonds. The van der Waals surface area contributed by atoms with E-state index >= 15 is 0 Å². The molecule has 126 valence electrons. The number of ether oxygens (including phenoxy) is 4. The van der Waals surface area contributed by atoms with Gasteiger partial charge < -0.3 is 18.9 Å². The molecule has 0 aromatic heterocycles. The van der Waals surface area contributed by atoms with E-state index in [9.17, 15) is 0 Å². The number of fused-ring (bicyclic) bond motifs is 2.